The first-order valence-corrected chi connectivity index (χ1v) is 7.28. The van der Waals surface area contributed by atoms with Crippen molar-refractivity contribution in [3.05, 3.63) is 35.9 Å². The van der Waals surface area contributed by atoms with Crippen LogP contribution in [0.1, 0.15) is 32.8 Å². The molecule has 4 heteroatoms. The lowest BCUT2D eigenvalue weighted by Crippen LogP contribution is -2.37. The van der Waals surface area contributed by atoms with Crippen LogP contribution in [0.2, 0.25) is 0 Å². The van der Waals surface area contributed by atoms with Gasteiger partial charge in [-0.3, -0.25) is 4.79 Å². The predicted molar refractivity (Wildman–Crippen MR) is 85.1 cm³/mol. The van der Waals surface area contributed by atoms with Gasteiger partial charge in [0.15, 0.2) is 0 Å². The Morgan fingerprint density at radius 3 is 2.43 bits per heavy atom. The molecule has 0 fully saturated rings. The molecule has 0 aliphatic rings. The highest BCUT2D eigenvalue weighted by atomic mass is 16.5. The van der Waals surface area contributed by atoms with E-state index in [1.807, 2.05) is 45.0 Å². The molecule has 0 aliphatic heterocycles. The molecule has 2 atom stereocenters. The van der Waals surface area contributed by atoms with Gasteiger partial charge in [-0.25, -0.2) is 0 Å². The van der Waals surface area contributed by atoms with E-state index in [1.165, 1.54) is 0 Å². The van der Waals surface area contributed by atoms with Crippen molar-refractivity contribution in [1.29, 1.82) is 0 Å². The molecule has 0 heterocycles. The average molecular weight is 291 g/mol. The molecule has 2 N–H and O–H groups in total. The van der Waals surface area contributed by atoms with Crippen molar-refractivity contribution in [3.8, 4) is 5.75 Å². The Morgan fingerprint density at radius 2 is 1.95 bits per heavy atom. The molecule has 0 aromatic heterocycles. The standard InChI is InChI=1S/C17H25NO3/c1-5-14(15-6-8-16(21-4)9-7-15)10-17(20)18-13(3)12(2)11-19/h6-10,12-13,19H,5,11H2,1-4H3,(H,18,20)/b14-10-. The van der Waals surface area contributed by atoms with Crippen LogP contribution in [0.5, 0.6) is 5.75 Å². The number of aliphatic hydroxyl groups excluding tert-OH is 1. The van der Waals surface area contributed by atoms with Crippen molar-refractivity contribution in [2.45, 2.75) is 33.2 Å². The zero-order valence-corrected chi connectivity index (χ0v) is 13.2. The quantitative estimate of drug-likeness (QED) is 0.759. The van der Waals surface area contributed by atoms with E-state index < -0.39 is 0 Å². The van der Waals surface area contributed by atoms with Crippen LogP contribution in [0, 0.1) is 5.92 Å². The van der Waals surface area contributed by atoms with Gasteiger partial charge in [-0.05, 0) is 42.5 Å². The van der Waals surface area contributed by atoms with Crippen LogP contribution in [0.25, 0.3) is 5.57 Å². The SMILES string of the molecule is CC/C(=C/C(=O)NC(C)C(C)CO)c1ccc(OC)cc1. The maximum Gasteiger partial charge on any atom is 0.244 e. The summed E-state index contributed by atoms with van der Waals surface area (Å²) in [5.41, 5.74) is 1.98. The zero-order chi connectivity index (χ0) is 15.8. The summed E-state index contributed by atoms with van der Waals surface area (Å²) in [6.07, 6.45) is 2.39. The molecule has 116 valence electrons. The fourth-order valence-electron chi connectivity index (χ4n) is 1.92. The topological polar surface area (TPSA) is 58.6 Å². The van der Waals surface area contributed by atoms with Crippen molar-refractivity contribution in [2.24, 2.45) is 5.92 Å². The average Bonchev–Trinajstić information content (AvgIpc) is 2.51. The van der Waals surface area contributed by atoms with Crippen LogP contribution < -0.4 is 10.1 Å². The second-order valence-electron chi connectivity index (χ2n) is 5.21. The van der Waals surface area contributed by atoms with Crippen LogP contribution in [0.3, 0.4) is 0 Å². The van der Waals surface area contributed by atoms with Gasteiger partial charge in [0, 0.05) is 18.7 Å². The number of carbonyl (C=O) groups is 1. The van der Waals surface area contributed by atoms with Crippen LogP contribution in [0.15, 0.2) is 30.3 Å². The van der Waals surface area contributed by atoms with Crippen molar-refractivity contribution >= 4 is 11.5 Å². The first-order chi connectivity index (χ1) is 10.0. The van der Waals surface area contributed by atoms with E-state index in [1.54, 1.807) is 13.2 Å². The number of hydrogen-bond donors (Lipinski definition) is 2. The van der Waals surface area contributed by atoms with E-state index in [0.29, 0.717) is 0 Å². The third-order valence-corrected chi connectivity index (χ3v) is 3.66. The third kappa shape index (κ3) is 5.23. The first-order valence-electron chi connectivity index (χ1n) is 7.28. The second-order valence-corrected chi connectivity index (χ2v) is 5.21. The molecule has 0 saturated carbocycles. The number of methoxy groups -OCH3 is 1. The van der Waals surface area contributed by atoms with Gasteiger partial charge in [-0.15, -0.1) is 0 Å². The molecule has 0 aliphatic carbocycles. The van der Waals surface area contributed by atoms with Crippen LogP contribution in [-0.2, 0) is 4.79 Å². The van der Waals surface area contributed by atoms with Gasteiger partial charge in [-0.2, -0.15) is 0 Å². The molecule has 2 unspecified atom stereocenters. The van der Waals surface area contributed by atoms with Gasteiger partial charge in [-0.1, -0.05) is 26.0 Å². The fraction of sp³-hybridized carbons (Fsp3) is 0.471. The lowest BCUT2D eigenvalue weighted by Gasteiger charge is -2.18. The van der Waals surface area contributed by atoms with E-state index in [-0.39, 0.29) is 24.5 Å². The molecule has 21 heavy (non-hydrogen) atoms. The molecule has 0 radical (unpaired) electrons. The number of hydrogen-bond acceptors (Lipinski definition) is 3. The molecular weight excluding hydrogens is 266 g/mol. The van der Waals surface area contributed by atoms with Crippen LogP contribution >= 0.6 is 0 Å². The monoisotopic (exact) mass is 291 g/mol. The minimum absolute atomic E-state index is 0.0356. The number of aliphatic hydroxyl groups is 1. The van der Waals surface area contributed by atoms with Crippen molar-refractivity contribution in [3.63, 3.8) is 0 Å². The summed E-state index contributed by atoms with van der Waals surface area (Å²) in [6, 6.07) is 7.59. The van der Waals surface area contributed by atoms with Gasteiger partial charge >= 0.3 is 0 Å². The van der Waals surface area contributed by atoms with Gasteiger partial charge in [0.2, 0.25) is 5.91 Å². The number of carbonyl (C=O) groups excluding carboxylic acids is 1. The Labute approximate surface area is 126 Å². The molecule has 4 nitrogen and oxygen atoms in total. The lowest BCUT2D eigenvalue weighted by molar-refractivity contribution is -0.117. The van der Waals surface area contributed by atoms with E-state index in [9.17, 15) is 4.79 Å². The molecule has 1 aromatic carbocycles. The molecular formula is C17H25NO3. The summed E-state index contributed by atoms with van der Waals surface area (Å²) in [6.45, 7) is 5.87. The highest BCUT2D eigenvalue weighted by Gasteiger charge is 2.13. The number of nitrogens with one attached hydrogen (secondary N) is 1. The van der Waals surface area contributed by atoms with Gasteiger partial charge < -0.3 is 15.2 Å². The summed E-state index contributed by atoms with van der Waals surface area (Å²) in [7, 11) is 1.63. The van der Waals surface area contributed by atoms with E-state index in [2.05, 4.69) is 5.32 Å². The van der Waals surface area contributed by atoms with Crippen molar-refractivity contribution in [1.82, 2.24) is 5.32 Å². The van der Waals surface area contributed by atoms with Gasteiger partial charge in [0.25, 0.3) is 0 Å². The molecule has 1 amide bonds. The minimum atomic E-state index is -0.129. The first kappa shape index (κ1) is 17.2. The lowest BCUT2D eigenvalue weighted by atomic mass is 10.0. The fourth-order valence-corrected chi connectivity index (χ4v) is 1.92. The molecule has 1 rings (SSSR count). The van der Waals surface area contributed by atoms with E-state index in [0.717, 1.165) is 23.3 Å². The molecule has 0 spiro atoms. The summed E-state index contributed by atoms with van der Waals surface area (Å²) >= 11 is 0. The normalized spacial score (nSPS) is 14.4. The molecule has 0 saturated heterocycles. The van der Waals surface area contributed by atoms with Gasteiger partial charge in [0.1, 0.15) is 5.75 Å². The van der Waals surface area contributed by atoms with Crippen molar-refractivity contribution < 1.29 is 14.6 Å². The second kappa shape index (κ2) is 8.47. The number of rotatable bonds is 7. The minimum Gasteiger partial charge on any atom is -0.497 e. The zero-order valence-electron chi connectivity index (χ0n) is 13.2. The Kier molecular flexibility index (Phi) is 6.96. The van der Waals surface area contributed by atoms with E-state index >= 15 is 0 Å². The summed E-state index contributed by atoms with van der Waals surface area (Å²) in [5, 5.41) is 12.0. The third-order valence-electron chi connectivity index (χ3n) is 3.66. The predicted octanol–water partition coefficient (Wildman–Crippen LogP) is 2.62. The number of allylic oxidation sites excluding steroid dienone is 1. The maximum absolute atomic E-state index is 12.0. The van der Waals surface area contributed by atoms with Crippen molar-refractivity contribution in [2.75, 3.05) is 13.7 Å². The Bertz CT molecular complexity index is 479. The Balaban J connectivity index is 2.80. The largest absolute Gasteiger partial charge is 0.497 e. The number of benzene rings is 1. The van der Waals surface area contributed by atoms with Crippen LogP contribution in [0.4, 0.5) is 0 Å². The Morgan fingerprint density at radius 1 is 1.33 bits per heavy atom. The molecule has 0 bridgehead atoms. The Hall–Kier alpha value is -1.81. The number of amides is 1. The van der Waals surface area contributed by atoms with E-state index in [4.69, 9.17) is 9.84 Å². The highest BCUT2D eigenvalue weighted by molar-refractivity contribution is 5.95. The summed E-state index contributed by atoms with van der Waals surface area (Å²) in [4.78, 5) is 12.0. The molecule has 1 aromatic rings. The summed E-state index contributed by atoms with van der Waals surface area (Å²) < 4.78 is 5.13. The van der Waals surface area contributed by atoms with Crippen LogP contribution in [-0.4, -0.2) is 30.8 Å². The maximum atomic E-state index is 12.0. The number of ether oxygens (including phenoxy) is 1. The smallest absolute Gasteiger partial charge is 0.244 e. The van der Waals surface area contributed by atoms with Gasteiger partial charge in [0.05, 0.1) is 7.11 Å². The highest BCUT2D eigenvalue weighted by Crippen LogP contribution is 2.21. The summed E-state index contributed by atoms with van der Waals surface area (Å²) in [5.74, 6) is 0.702.